The number of para-hydroxylation sites is 1. The molecule has 0 saturated carbocycles. The van der Waals surface area contributed by atoms with E-state index < -0.39 is 41.4 Å². The van der Waals surface area contributed by atoms with Gasteiger partial charge in [-0.3, -0.25) is 9.20 Å². The quantitative estimate of drug-likeness (QED) is 0.175. The van der Waals surface area contributed by atoms with E-state index in [2.05, 4.69) is 4.98 Å². The van der Waals surface area contributed by atoms with E-state index in [0.717, 1.165) is 16.0 Å². The molecule has 3 aromatic heterocycles. The van der Waals surface area contributed by atoms with Crippen LogP contribution in [0.2, 0.25) is 0 Å². The first-order chi connectivity index (χ1) is 17.7. The van der Waals surface area contributed by atoms with Gasteiger partial charge in [-0.1, -0.05) is 31.2 Å². The zero-order chi connectivity index (χ0) is 28.2. The van der Waals surface area contributed by atoms with Gasteiger partial charge in [0.2, 0.25) is 17.3 Å². The first-order valence-electron chi connectivity index (χ1n) is 11.6. The average Bonchev–Trinajstić information content (AvgIpc) is 3.15. The SMILES string of the molecule is CC.[B]C([B])([B])N1C(O)(O)CCN(c2ccc3c(=O)c(C(=O)O)c4sc5ccccc5n4c3n2)CC1(O)O. The maximum absolute atomic E-state index is 13.1. The van der Waals surface area contributed by atoms with Crippen LogP contribution in [0.25, 0.3) is 26.1 Å². The third-order valence-corrected chi connectivity index (χ3v) is 7.18. The molecule has 0 spiro atoms. The van der Waals surface area contributed by atoms with Gasteiger partial charge in [-0.15, -0.1) is 11.3 Å². The molecule has 4 aromatic rings. The number of rotatable bonds is 3. The smallest absolute Gasteiger partial charge is 0.342 e. The number of benzene rings is 1. The van der Waals surface area contributed by atoms with Gasteiger partial charge in [0.15, 0.2) is 5.65 Å². The minimum absolute atomic E-state index is 0.0384. The number of carboxylic acids is 1. The molecule has 4 heterocycles. The van der Waals surface area contributed by atoms with Gasteiger partial charge in [0.25, 0.3) is 0 Å². The number of anilines is 1. The highest BCUT2D eigenvalue weighted by molar-refractivity contribution is 7.24. The number of carboxylic acid groups (broad SMARTS) is 1. The van der Waals surface area contributed by atoms with Crippen molar-refractivity contribution in [3.8, 4) is 0 Å². The minimum Gasteiger partial charge on any atom is -0.477 e. The van der Waals surface area contributed by atoms with Gasteiger partial charge in [0.1, 0.15) is 16.2 Å². The molecule has 1 aliphatic rings. The molecule has 0 unspecified atom stereocenters. The second-order valence-corrected chi connectivity index (χ2v) is 9.73. The summed E-state index contributed by atoms with van der Waals surface area (Å²) in [7, 11) is 16.7. The maximum atomic E-state index is 13.1. The molecule has 1 saturated heterocycles. The number of β-amino-alcohol motifs (C(OH)–C–C–N with tert-alkyl or cyclic N) is 2. The van der Waals surface area contributed by atoms with Crippen molar-refractivity contribution in [1.29, 1.82) is 0 Å². The minimum atomic E-state index is -3.01. The highest BCUT2D eigenvalue weighted by Crippen LogP contribution is 2.34. The molecule has 5 N–H and O–H groups in total. The number of thiazole rings is 1. The van der Waals surface area contributed by atoms with Crippen molar-refractivity contribution in [2.24, 2.45) is 0 Å². The highest BCUT2D eigenvalue weighted by Gasteiger charge is 2.53. The van der Waals surface area contributed by atoms with Gasteiger partial charge in [-0.2, -0.15) is 0 Å². The Hall–Kier alpha value is -2.94. The normalized spacial score (nSPS) is 17.8. The Kier molecular flexibility index (Phi) is 7.14. The predicted molar refractivity (Wildman–Crippen MR) is 146 cm³/mol. The lowest BCUT2D eigenvalue weighted by atomic mass is 9.48. The van der Waals surface area contributed by atoms with E-state index in [4.69, 9.17) is 23.5 Å². The van der Waals surface area contributed by atoms with Crippen LogP contribution in [-0.4, -0.2) is 99.5 Å². The molecule has 0 atom stereocenters. The topological polar surface area (TPSA) is 159 Å². The summed E-state index contributed by atoms with van der Waals surface area (Å²) in [5.41, 5.74) is -0.335. The van der Waals surface area contributed by atoms with Crippen LogP contribution in [0, 0.1) is 0 Å². The molecule has 0 bridgehead atoms. The molecule has 1 aromatic carbocycles. The van der Waals surface area contributed by atoms with Crippen LogP contribution in [0.5, 0.6) is 0 Å². The van der Waals surface area contributed by atoms with E-state index in [1.54, 1.807) is 28.7 Å². The molecular formula is C23H23B3N4O7S. The van der Waals surface area contributed by atoms with E-state index in [-0.39, 0.29) is 38.7 Å². The molecule has 15 heteroatoms. The van der Waals surface area contributed by atoms with Crippen molar-refractivity contribution in [3.63, 3.8) is 0 Å². The summed E-state index contributed by atoms with van der Waals surface area (Å²) in [6.07, 6.45) is -0.488. The third kappa shape index (κ3) is 4.59. The van der Waals surface area contributed by atoms with Crippen LogP contribution >= 0.6 is 11.3 Å². The van der Waals surface area contributed by atoms with Gasteiger partial charge in [0.05, 0.1) is 45.7 Å². The first-order valence-corrected chi connectivity index (χ1v) is 12.5. The molecule has 5 rings (SSSR count). The van der Waals surface area contributed by atoms with Gasteiger partial charge < -0.3 is 30.4 Å². The Morgan fingerprint density at radius 3 is 2.34 bits per heavy atom. The van der Waals surface area contributed by atoms with Crippen LogP contribution < -0.4 is 10.3 Å². The summed E-state index contributed by atoms with van der Waals surface area (Å²) in [5.74, 6) is -7.14. The summed E-state index contributed by atoms with van der Waals surface area (Å²) in [6, 6.07) is 9.86. The molecule has 1 fully saturated rings. The van der Waals surface area contributed by atoms with E-state index >= 15 is 0 Å². The molecule has 38 heavy (non-hydrogen) atoms. The Balaban J connectivity index is 0.00000164. The second kappa shape index (κ2) is 9.67. The molecule has 0 amide bonds. The van der Waals surface area contributed by atoms with Gasteiger partial charge in [0, 0.05) is 13.0 Å². The van der Waals surface area contributed by atoms with Crippen LogP contribution in [0.1, 0.15) is 30.6 Å². The summed E-state index contributed by atoms with van der Waals surface area (Å²) in [6.45, 7) is 3.17. The Morgan fingerprint density at radius 1 is 1.05 bits per heavy atom. The number of aliphatic hydroxyl groups is 4. The van der Waals surface area contributed by atoms with Gasteiger partial charge in [-0.05, 0) is 24.3 Å². The number of carbonyl (C=O) groups is 1. The number of pyridine rings is 2. The number of nitrogens with zero attached hydrogens (tertiary/aromatic N) is 4. The van der Waals surface area contributed by atoms with Crippen molar-refractivity contribution in [1.82, 2.24) is 14.3 Å². The number of aromatic carboxylic acids is 1. The summed E-state index contributed by atoms with van der Waals surface area (Å²) in [5, 5.41) is 49.6. The predicted octanol–water partition coefficient (Wildman–Crippen LogP) is -0.307. The Morgan fingerprint density at radius 2 is 1.71 bits per heavy atom. The van der Waals surface area contributed by atoms with Crippen LogP contribution in [-0.2, 0) is 0 Å². The number of hydrogen-bond acceptors (Lipinski definition) is 10. The summed E-state index contributed by atoms with van der Waals surface area (Å²) >= 11 is 1.13. The maximum Gasteiger partial charge on any atom is 0.342 e. The van der Waals surface area contributed by atoms with Crippen LogP contribution in [0.3, 0.4) is 0 Å². The van der Waals surface area contributed by atoms with Crippen molar-refractivity contribution in [3.05, 3.63) is 52.2 Å². The molecule has 11 nitrogen and oxygen atoms in total. The fraction of sp³-hybridized carbons (Fsp3) is 0.348. The molecule has 192 valence electrons. The zero-order valence-electron chi connectivity index (χ0n) is 20.6. The lowest BCUT2D eigenvalue weighted by molar-refractivity contribution is -0.378. The van der Waals surface area contributed by atoms with Crippen LogP contribution in [0.4, 0.5) is 5.82 Å². The largest absolute Gasteiger partial charge is 0.477 e. The van der Waals surface area contributed by atoms with Crippen LogP contribution in [0.15, 0.2) is 41.2 Å². The van der Waals surface area contributed by atoms with Gasteiger partial charge in [-0.25, -0.2) is 14.7 Å². The lowest BCUT2D eigenvalue weighted by Gasteiger charge is -2.50. The Bertz CT molecular complexity index is 1600. The zero-order valence-corrected chi connectivity index (χ0v) is 21.4. The number of hydrogen-bond donors (Lipinski definition) is 5. The van der Waals surface area contributed by atoms with Crippen molar-refractivity contribution in [2.75, 3.05) is 18.0 Å². The second-order valence-electron chi connectivity index (χ2n) is 8.70. The molecule has 1 aliphatic heterocycles. The lowest BCUT2D eigenvalue weighted by Crippen LogP contribution is -2.72. The summed E-state index contributed by atoms with van der Waals surface area (Å²) < 4.78 is 2.29. The molecule has 0 aliphatic carbocycles. The van der Waals surface area contributed by atoms with Crippen molar-refractivity contribution >= 4 is 72.7 Å². The average molecular weight is 532 g/mol. The van der Waals surface area contributed by atoms with E-state index in [9.17, 15) is 35.1 Å². The first kappa shape index (κ1) is 28.1. The molecular weight excluding hydrogens is 509 g/mol. The monoisotopic (exact) mass is 532 g/mol. The van der Waals surface area contributed by atoms with E-state index in [0.29, 0.717) is 5.52 Å². The van der Waals surface area contributed by atoms with Crippen molar-refractivity contribution < 1.29 is 30.3 Å². The fourth-order valence-electron chi connectivity index (χ4n) is 4.65. The number of fused-ring (bicyclic) bond motifs is 5. The standard InChI is InChI=1S/C21H17B3N4O7S.C2H6/c22-21(23,24)28-19(32,33)7-8-26(9-20(28,34)35)13-6-5-10-15(29)14(18(30)31)17-27(16(10)25-13)11-3-1-2-4-12(11)36-17;1-2/h1-6,32-35H,7-9H2,(H,30,31);1-2H3. The van der Waals surface area contributed by atoms with E-state index in [1.165, 1.54) is 17.0 Å². The van der Waals surface area contributed by atoms with Crippen molar-refractivity contribution in [2.45, 2.75) is 37.3 Å². The third-order valence-electron chi connectivity index (χ3n) is 6.04. The fourth-order valence-corrected chi connectivity index (χ4v) is 5.83. The number of aromatic nitrogens is 2. The van der Waals surface area contributed by atoms with E-state index in [1.807, 2.05) is 13.8 Å². The van der Waals surface area contributed by atoms with Gasteiger partial charge >= 0.3 is 5.97 Å². The highest BCUT2D eigenvalue weighted by atomic mass is 32.1. The Labute approximate surface area is 224 Å². The summed E-state index contributed by atoms with van der Waals surface area (Å²) in [4.78, 5) is 31.3. The molecule has 6 radical (unpaired) electrons.